The number of rotatable bonds is 2. The zero-order chi connectivity index (χ0) is 12.4. The molecule has 0 spiro atoms. The van der Waals surface area contributed by atoms with E-state index in [2.05, 4.69) is 15.5 Å². The quantitative estimate of drug-likeness (QED) is 0.831. The Balaban J connectivity index is 2.27. The molecule has 0 radical (unpaired) electrons. The zero-order valence-corrected chi connectivity index (χ0v) is 10.2. The maximum atomic E-state index is 12.1. The highest BCUT2D eigenvalue weighted by atomic mass is 16.1. The molecule has 1 aromatic heterocycles. The lowest BCUT2D eigenvalue weighted by atomic mass is 10.0. The second-order valence-electron chi connectivity index (χ2n) is 4.13. The van der Waals surface area contributed by atoms with Crippen molar-refractivity contribution in [2.24, 2.45) is 0 Å². The summed E-state index contributed by atoms with van der Waals surface area (Å²) in [6.07, 6.45) is 1.68. The third-order valence-electron chi connectivity index (χ3n) is 2.92. The molecule has 2 rings (SSSR count). The molecule has 0 atom stereocenters. The van der Waals surface area contributed by atoms with E-state index in [0.29, 0.717) is 11.4 Å². The van der Waals surface area contributed by atoms with Crippen LogP contribution in [0.2, 0.25) is 0 Å². The lowest BCUT2D eigenvalue weighted by Gasteiger charge is -2.08. The van der Waals surface area contributed by atoms with E-state index < -0.39 is 0 Å². The number of hydrogen-bond donors (Lipinski definition) is 2. The van der Waals surface area contributed by atoms with Crippen molar-refractivity contribution >= 4 is 11.7 Å². The predicted molar refractivity (Wildman–Crippen MR) is 67.2 cm³/mol. The van der Waals surface area contributed by atoms with Gasteiger partial charge in [0.05, 0.1) is 6.20 Å². The number of benzene rings is 1. The highest BCUT2D eigenvalue weighted by Gasteiger charge is 2.11. The molecule has 0 fully saturated rings. The number of hydrogen-bond acceptors (Lipinski definition) is 2. The Bertz CT molecular complexity index is 558. The van der Waals surface area contributed by atoms with Gasteiger partial charge in [-0.2, -0.15) is 5.10 Å². The number of nitrogens with one attached hydrogen (secondary N) is 2. The summed E-state index contributed by atoms with van der Waals surface area (Å²) < 4.78 is 0. The van der Waals surface area contributed by atoms with Crippen molar-refractivity contribution in [1.29, 1.82) is 0 Å². The minimum Gasteiger partial charge on any atom is -0.307 e. The highest BCUT2D eigenvalue weighted by molar-refractivity contribution is 6.05. The molecule has 0 aliphatic rings. The average Bonchev–Trinajstić information content (AvgIpc) is 2.68. The van der Waals surface area contributed by atoms with Crippen LogP contribution in [0.25, 0.3) is 0 Å². The van der Waals surface area contributed by atoms with E-state index in [1.165, 1.54) is 0 Å². The van der Waals surface area contributed by atoms with E-state index in [4.69, 9.17) is 0 Å². The minimum atomic E-state index is -0.112. The molecule has 0 aliphatic carbocycles. The standard InChI is InChI=1S/C13H15N3O/c1-8-5-4-6-11(10(8)3)13(17)15-12-9(2)7-14-16-12/h4-7H,1-3H3,(H2,14,15,16,17). The lowest BCUT2D eigenvalue weighted by Crippen LogP contribution is -2.14. The number of carbonyl (C=O) groups excluding carboxylic acids is 1. The van der Waals surface area contributed by atoms with Crippen molar-refractivity contribution in [1.82, 2.24) is 10.2 Å². The van der Waals surface area contributed by atoms with Crippen molar-refractivity contribution < 1.29 is 4.79 Å². The number of nitrogens with zero attached hydrogens (tertiary/aromatic N) is 1. The molecule has 2 aromatic rings. The van der Waals surface area contributed by atoms with E-state index in [1.807, 2.05) is 39.0 Å². The number of anilines is 1. The fourth-order valence-electron chi connectivity index (χ4n) is 1.65. The van der Waals surface area contributed by atoms with Crippen LogP contribution >= 0.6 is 0 Å². The molecule has 1 heterocycles. The Morgan fingerprint density at radius 2 is 2.00 bits per heavy atom. The van der Waals surface area contributed by atoms with Gasteiger partial charge in [0.2, 0.25) is 0 Å². The van der Waals surface area contributed by atoms with Crippen LogP contribution in [0.15, 0.2) is 24.4 Å². The summed E-state index contributed by atoms with van der Waals surface area (Å²) in [4.78, 5) is 12.1. The summed E-state index contributed by atoms with van der Waals surface area (Å²) in [7, 11) is 0. The first-order valence-electron chi connectivity index (χ1n) is 5.47. The molecule has 2 N–H and O–H groups in total. The predicted octanol–water partition coefficient (Wildman–Crippen LogP) is 2.59. The highest BCUT2D eigenvalue weighted by Crippen LogP contribution is 2.15. The van der Waals surface area contributed by atoms with Crippen molar-refractivity contribution in [2.75, 3.05) is 5.32 Å². The molecule has 0 saturated heterocycles. The molecule has 0 unspecified atom stereocenters. The van der Waals surface area contributed by atoms with Gasteiger partial charge in [-0.15, -0.1) is 0 Å². The van der Waals surface area contributed by atoms with Crippen LogP contribution in [-0.4, -0.2) is 16.1 Å². The topological polar surface area (TPSA) is 57.8 Å². The van der Waals surface area contributed by atoms with Gasteiger partial charge in [0.15, 0.2) is 0 Å². The van der Waals surface area contributed by atoms with Crippen LogP contribution < -0.4 is 5.32 Å². The largest absolute Gasteiger partial charge is 0.307 e. The van der Waals surface area contributed by atoms with Gasteiger partial charge in [0.1, 0.15) is 5.82 Å². The van der Waals surface area contributed by atoms with Gasteiger partial charge in [0.25, 0.3) is 5.91 Å². The summed E-state index contributed by atoms with van der Waals surface area (Å²) >= 11 is 0. The van der Waals surface area contributed by atoms with Crippen molar-refractivity contribution in [2.45, 2.75) is 20.8 Å². The van der Waals surface area contributed by atoms with Crippen LogP contribution in [0.3, 0.4) is 0 Å². The SMILES string of the molecule is Cc1cn[nH]c1NC(=O)c1cccc(C)c1C. The first kappa shape index (κ1) is 11.4. The molecular formula is C13H15N3O. The number of amides is 1. The Kier molecular flexibility index (Phi) is 2.95. The Labute approximate surface area is 100 Å². The molecular weight excluding hydrogens is 214 g/mol. The Morgan fingerprint density at radius 1 is 1.24 bits per heavy atom. The molecule has 1 amide bonds. The third kappa shape index (κ3) is 2.20. The average molecular weight is 229 g/mol. The molecule has 0 saturated carbocycles. The third-order valence-corrected chi connectivity index (χ3v) is 2.92. The van der Waals surface area contributed by atoms with Gasteiger partial charge in [-0.1, -0.05) is 12.1 Å². The molecule has 88 valence electrons. The first-order chi connectivity index (χ1) is 8.09. The van der Waals surface area contributed by atoms with Crippen LogP contribution in [0.4, 0.5) is 5.82 Å². The summed E-state index contributed by atoms with van der Waals surface area (Å²) in [6, 6.07) is 5.70. The van der Waals surface area contributed by atoms with Crippen LogP contribution in [0.5, 0.6) is 0 Å². The van der Waals surface area contributed by atoms with Gasteiger partial charge in [-0.25, -0.2) is 0 Å². The van der Waals surface area contributed by atoms with Gasteiger partial charge >= 0.3 is 0 Å². The molecule has 4 nitrogen and oxygen atoms in total. The van der Waals surface area contributed by atoms with Gasteiger partial charge in [-0.3, -0.25) is 9.89 Å². The summed E-state index contributed by atoms with van der Waals surface area (Å²) in [6.45, 7) is 5.83. The van der Waals surface area contributed by atoms with E-state index in [0.717, 1.165) is 16.7 Å². The summed E-state index contributed by atoms with van der Waals surface area (Å²) in [5, 5.41) is 9.44. The Hall–Kier alpha value is -2.10. The van der Waals surface area contributed by atoms with Crippen molar-refractivity contribution in [3.8, 4) is 0 Å². The van der Waals surface area contributed by atoms with Crippen molar-refractivity contribution in [3.05, 3.63) is 46.6 Å². The normalized spacial score (nSPS) is 10.3. The summed E-state index contributed by atoms with van der Waals surface area (Å²) in [5.41, 5.74) is 3.73. The number of aromatic amines is 1. The van der Waals surface area contributed by atoms with Gasteiger partial charge in [-0.05, 0) is 38.0 Å². The zero-order valence-electron chi connectivity index (χ0n) is 10.2. The summed E-state index contributed by atoms with van der Waals surface area (Å²) in [5.74, 6) is 0.537. The van der Waals surface area contributed by atoms with E-state index in [-0.39, 0.29) is 5.91 Å². The van der Waals surface area contributed by atoms with Gasteiger partial charge < -0.3 is 5.32 Å². The van der Waals surface area contributed by atoms with Crippen LogP contribution in [-0.2, 0) is 0 Å². The van der Waals surface area contributed by atoms with Gasteiger partial charge in [0, 0.05) is 11.1 Å². The molecule has 0 bridgehead atoms. The smallest absolute Gasteiger partial charge is 0.257 e. The molecule has 4 heteroatoms. The Morgan fingerprint density at radius 3 is 2.65 bits per heavy atom. The maximum Gasteiger partial charge on any atom is 0.257 e. The molecule has 0 aliphatic heterocycles. The van der Waals surface area contributed by atoms with E-state index >= 15 is 0 Å². The van der Waals surface area contributed by atoms with E-state index in [1.54, 1.807) is 6.20 Å². The van der Waals surface area contributed by atoms with Crippen LogP contribution in [0.1, 0.15) is 27.0 Å². The second kappa shape index (κ2) is 4.41. The fraction of sp³-hybridized carbons (Fsp3) is 0.231. The number of aromatic nitrogens is 2. The monoisotopic (exact) mass is 229 g/mol. The number of aryl methyl sites for hydroxylation is 2. The number of carbonyl (C=O) groups is 1. The first-order valence-corrected chi connectivity index (χ1v) is 5.47. The fourth-order valence-corrected chi connectivity index (χ4v) is 1.65. The van der Waals surface area contributed by atoms with Crippen molar-refractivity contribution in [3.63, 3.8) is 0 Å². The molecule has 17 heavy (non-hydrogen) atoms. The van der Waals surface area contributed by atoms with E-state index in [9.17, 15) is 4.79 Å². The minimum absolute atomic E-state index is 0.112. The number of H-pyrrole nitrogens is 1. The maximum absolute atomic E-state index is 12.1. The van der Waals surface area contributed by atoms with Crippen LogP contribution in [0, 0.1) is 20.8 Å². The second-order valence-corrected chi connectivity index (χ2v) is 4.13. The molecule has 1 aromatic carbocycles. The lowest BCUT2D eigenvalue weighted by molar-refractivity contribution is 0.102.